The first-order valence-corrected chi connectivity index (χ1v) is 6.04. The Morgan fingerprint density at radius 1 is 1.53 bits per heavy atom. The van der Waals surface area contributed by atoms with Gasteiger partial charge in [-0.3, -0.25) is 9.67 Å². The van der Waals surface area contributed by atoms with Gasteiger partial charge in [-0.15, -0.1) is 0 Å². The SMILES string of the molecule is CCCc1n[nH]c(=S)n1-c1ccc(F)cc1Cl. The van der Waals surface area contributed by atoms with E-state index < -0.39 is 0 Å². The summed E-state index contributed by atoms with van der Waals surface area (Å²) in [5.41, 5.74) is 0.648. The van der Waals surface area contributed by atoms with Gasteiger partial charge in [-0.2, -0.15) is 5.10 Å². The van der Waals surface area contributed by atoms with Gasteiger partial charge in [-0.1, -0.05) is 18.5 Å². The summed E-state index contributed by atoms with van der Waals surface area (Å²) in [6.07, 6.45) is 1.72. The number of nitrogens with one attached hydrogen (secondary N) is 1. The topological polar surface area (TPSA) is 33.6 Å². The number of halogens is 2. The first-order valence-electron chi connectivity index (χ1n) is 5.25. The molecule has 0 saturated heterocycles. The third-order valence-electron chi connectivity index (χ3n) is 2.37. The number of hydrogen-bond acceptors (Lipinski definition) is 2. The second kappa shape index (κ2) is 4.98. The van der Waals surface area contributed by atoms with Crippen LogP contribution in [0.3, 0.4) is 0 Å². The third-order valence-corrected chi connectivity index (χ3v) is 2.94. The zero-order valence-corrected chi connectivity index (χ0v) is 10.8. The van der Waals surface area contributed by atoms with Crippen molar-refractivity contribution >= 4 is 23.8 Å². The summed E-state index contributed by atoms with van der Waals surface area (Å²) in [6.45, 7) is 2.05. The minimum absolute atomic E-state index is 0.319. The summed E-state index contributed by atoms with van der Waals surface area (Å²) in [5, 5.41) is 7.18. The van der Waals surface area contributed by atoms with E-state index in [9.17, 15) is 4.39 Å². The largest absolute Gasteiger partial charge is 0.271 e. The van der Waals surface area contributed by atoms with Gasteiger partial charge < -0.3 is 0 Å². The van der Waals surface area contributed by atoms with E-state index in [1.807, 2.05) is 6.92 Å². The molecule has 2 rings (SSSR count). The van der Waals surface area contributed by atoms with Crippen LogP contribution in [0.15, 0.2) is 18.2 Å². The Morgan fingerprint density at radius 3 is 2.94 bits per heavy atom. The molecule has 6 heteroatoms. The fourth-order valence-corrected chi connectivity index (χ4v) is 2.13. The second-order valence-electron chi connectivity index (χ2n) is 3.63. The van der Waals surface area contributed by atoms with Gasteiger partial charge in [0.15, 0.2) is 4.77 Å². The quantitative estimate of drug-likeness (QED) is 0.864. The molecule has 0 spiro atoms. The molecule has 0 unspecified atom stereocenters. The van der Waals surface area contributed by atoms with E-state index in [2.05, 4.69) is 10.2 Å². The van der Waals surface area contributed by atoms with E-state index in [0.29, 0.717) is 15.5 Å². The molecule has 1 heterocycles. The fraction of sp³-hybridized carbons (Fsp3) is 0.273. The number of benzene rings is 1. The zero-order chi connectivity index (χ0) is 12.4. The number of aromatic nitrogens is 3. The molecule has 0 bridgehead atoms. The van der Waals surface area contributed by atoms with Crippen LogP contribution in [0.4, 0.5) is 4.39 Å². The maximum absolute atomic E-state index is 13.0. The second-order valence-corrected chi connectivity index (χ2v) is 4.42. The minimum atomic E-state index is -0.370. The highest BCUT2D eigenvalue weighted by Gasteiger charge is 2.11. The minimum Gasteiger partial charge on any atom is -0.271 e. The summed E-state index contributed by atoms with van der Waals surface area (Å²) in [5.74, 6) is 0.428. The molecule has 2 aromatic rings. The van der Waals surface area contributed by atoms with Crippen molar-refractivity contribution in [2.75, 3.05) is 0 Å². The molecule has 0 aliphatic heterocycles. The van der Waals surface area contributed by atoms with Crippen LogP contribution in [0.1, 0.15) is 19.2 Å². The highest BCUT2D eigenvalue weighted by Crippen LogP contribution is 2.23. The van der Waals surface area contributed by atoms with Crippen LogP contribution in [-0.4, -0.2) is 14.8 Å². The lowest BCUT2D eigenvalue weighted by atomic mass is 10.2. The first-order chi connectivity index (χ1) is 8.13. The van der Waals surface area contributed by atoms with Gasteiger partial charge in [0.2, 0.25) is 0 Å². The molecule has 17 heavy (non-hydrogen) atoms. The molecule has 90 valence electrons. The maximum atomic E-state index is 13.0. The highest BCUT2D eigenvalue weighted by atomic mass is 35.5. The van der Waals surface area contributed by atoms with Gasteiger partial charge in [0.05, 0.1) is 10.7 Å². The average Bonchev–Trinajstić information content (AvgIpc) is 2.62. The Morgan fingerprint density at radius 2 is 2.29 bits per heavy atom. The molecule has 1 aromatic heterocycles. The predicted molar refractivity (Wildman–Crippen MR) is 67.7 cm³/mol. The van der Waals surface area contributed by atoms with Crippen molar-refractivity contribution in [3.63, 3.8) is 0 Å². The van der Waals surface area contributed by atoms with Gasteiger partial charge in [-0.05, 0) is 36.8 Å². The van der Waals surface area contributed by atoms with Crippen molar-refractivity contribution in [3.05, 3.63) is 39.6 Å². The van der Waals surface area contributed by atoms with Crippen molar-refractivity contribution < 1.29 is 4.39 Å². The molecule has 0 aliphatic carbocycles. The normalized spacial score (nSPS) is 10.8. The number of rotatable bonds is 3. The number of nitrogens with zero attached hydrogens (tertiary/aromatic N) is 2. The number of H-pyrrole nitrogens is 1. The van der Waals surface area contributed by atoms with Crippen LogP contribution in [0.5, 0.6) is 0 Å². The Labute approximate surface area is 108 Å². The van der Waals surface area contributed by atoms with Crippen molar-refractivity contribution in [3.8, 4) is 5.69 Å². The smallest absolute Gasteiger partial charge is 0.199 e. The van der Waals surface area contributed by atoms with E-state index in [1.165, 1.54) is 12.1 Å². The lowest BCUT2D eigenvalue weighted by Gasteiger charge is -2.08. The summed E-state index contributed by atoms with van der Waals surface area (Å²) in [4.78, 5) is 0. The Bertz CT molecular complexity index is 591. The van der Waals surface area contributed by atoms with Crippen molar-refractivity contribution in [1.29, 1.82) is 0 Å². The maximum Gasteiger partial charge on any atom is 0.199 e. The van der Waals surface area contributed by atoms with Crippen LogP contribution >= 0.6 is 23.8 Å². The van der Waals surface area contributed by atoms with E-state index >= 15 is 0 Å². The molecular weight excluding hydrogens is 261 g/mol. The Hall–Kier alpha value is -1.20. The Balaban J connectivity index is 2.59. The van der Waals surface area contributed by atoms with Gasteiger partial charge in [0.1, 0.15) is 11.6 Å². The third kappa shape index (κ3) is 2.40. The van der Waals surface area contributed by atoms with Crippen LogP contribution < -0.4 is 0 Å². The van der Waals surface area contributed by atoms with Crippen LogP contribution in [0.25, 0.3) is 5.69 Å². The number of aromatic amines is 1. The molecule has 0 fully saturated rings. The highest BCUT2D eigenvalue weighted by molar-refractivity contribution is 7.71. The standard InChI is InChI=1S/C11H11ClFN3S/c1-2-3-10-14-15-11(17)16(10)9-5-4-7(13)6-8(9)12/h4-6H,2-3H2,1H3,(H,15,17). The van der Waals surface area contributed by atoms with Gasteiger partial charge >= 0.3 is 0 Å². The van der Waals surface area contributed by atoms with E-state index in [0.717, 1.165) is 18.7 Å². The van der Waals surface area contributed by atoms with Gasteiger partial charge in [0, 0.05) is 6.42 Å². The summed E-state index contributed by atoms with van der Waals surface area (Å²) < 4.78 is 15.2. The monoisotopic (exact) mass is 271 g/mol. The lowest BCUT2D eigenvalue weighted by molar-refractivity contribution is 0.627. The summed E-state index contributed by atoms with van der Waals surface area (Å²) >= 11 is 11.2. The van der Waals surface area contributed by atoms with Crippen molar-refractivity contribution in [2.24, 2.45) is 0 Å². The molecule has 0 radical (unpaired) electrons. The summed E-state index contributed by atoms with van der Waals surface area (Å²) in [6, 6.07) is 4.22. The molecule has 3 nitrogen and oxygen atoms in total. The predicted octanol–water partition coefficient (Wildman–Crippen LogP) is 3.67. The van der Waals surface area contributed by atoms with E-state index in [4.69, 9.17) is 23.8 Å². The van der Waals surface area contributed by atoms with Crippen LogP contribution in [-0.2, 0) is 6.42 Å². The summed E-state index contributed by atoms with van der Waals surface area (Å²) in [7, 11) is 0. The average molecular weight is 272 g/mol. The molecule has 1 aromatic carbocycles. The zero-order valence-electron chi connectivity index (χ0n) is 9.20. The molecule has 1 N–H and O–H groups in total. The van der Waals surface area contributed by atoms with Crippen molar-refractivity contribution in [1.82, 2.24) is 14.8 Å². The molecular formula is C11H11ClFN3S. The lowest BCUT2D eigenvalue weighted by Crippen LogP contribution is -2.02. The van der Waals surface area contributed by atoms with Gasteiger partial charge in [-0.25, -0.2) is 4.39 Å². The number of hydrogen-bond donors (Lipinski definition) is 1. The Kier molecular flexibility index (Phi) is 3.59. The molecule has 0 amide bonds. The molecule has 0 aliphatic rings. The fourth-order valence-electron chi connectivity index (χ4n) is 1.63. The van der Waals surface area contributed by atoms with E-state index in [1.54, 1.807) is 10.6 Å². The van der Waals surface area contributed by atoms with Crippen LogP contribution in [0.2, 0.25) is 5.02 Å². The van der Waals surface area contributed by atoms with Gasteiger partial charge in [0.25, 0.3) is 0 Å². The van der Waals surface area contributed by atoms with E-state index in [-0.39, 0.29) is 5.82 Å². The first kappa shape index (κ1) is 12.3. The number of aryl methyl sites for hydroxylation is 1. The van der Waals surface area contributed by atoms with Crippen molar-refractivity contribution in [2.45, 2.75) is 19.8 Å². The molecule has 0 atom stereocenters. The van der Waals surface area contributed by atoms with Crippen LogP contribution in [0, 0.1) is 10.6 Å². The molecule has 0 saturated carbocycles.